The molecule has 0 spiro atoms. The number of rotatable bonds is 2. The van der Waals surface area contributed by atoms with Crippen LogP contribution in [0, 0.1) is 17.3 Å². The number of nitrogens with one attached hydrogen (secondary N) is 1. The highest BCUT2D eigenvalue weighted by Crippen LogP contribution is 2.47. The van der Waals surface area contributed by atoms with Gasteiger partial charge in [0.15, 0.2) is 0 Å². The lowest BCUT2D eigenvalue weighted by Crippen LogP contribution is -2.35. The Morgan fingerprint density at radius 2 is 1.57 bits per heavy atom. The molecule has 0 aromatic heterocycles. The molecule has 146 valence electrons. The van der Waals surface area contributed by atoms with E-state index in [2.05, 4.69) is 113 Å². The van der Waals surface area contributed by atoms with Gasteiger partial charge in [0.1, 0.15) is 0 Å². The molecule has 2 nitrogen and oxygen atoms in total. The molecular formula is C24H26Br2N2. The van der Waals surface area contributed by atoms with Crippen LogP contribution in [-0.2, 0) is 0 Å². The van der Waals surface area contributed by atoms with Crippen LogP contribution in [0.5, 0.6) is 0 Å². The summed E-state index contributed by atoms with van der Waals surface area (Å²) in [7, 11) is 0. The molecule has 1 aliphatic heterocycles. The van der Waals surface area contributed by atoms with Crippen molar-refractivity contribution < 1.29 is 0 Å². The van der Waals surface area contributed by atoms with E-state index in [0.717, 1.165) is 15.4 Å². The van der Waals surface area contributed by atoms with Gasteiger partial charge in [0.05, 0.1) is 11.8 Å². The number of halogens is 2. The molecule has 2 aromatic rings. The first-order valence-corrected chi connectivity index (χ1v) is 11.4. The van der Waals surface area contributed by atoms with Gasteiger partial charge in [-0.3, -0.25) is 0 Å². The molecule has 3 atom stereocenters. The Labute approximate surface area is 184 Å². The van der Waals surface area contributed by atoms with Crippen LogP contribution in [0.25, 0.3) is 6.08 Å². The predicted molar refractivity (Wildman–Crippen MR) is 125 cm³/mol. The summed E-state index contributed by atoms with van der Waals surface area (Å²) in [5, 5.41) is 4.83. The van der Waals surface area contributed by atoms with Crippen LogP contribution in [0.3, 0.4) is 0 Å². The number of allylic oxidation sites excluding steroid dienone is 1. The van der Waals surface area contributed by atoms with Crippen LogP contribution in [0.1, 0.15) is 50.8 Å². The van der Waals surface area contributed by atoms with E-state index >= 15 is 0 Å². The highest BCUT2D eigenvalue weighted by molar-refractivity contribution is 9.10. The summed E-state index contributed by atoms with van der Waals surface area (Å²) >= 11 is 7.08. The Morgan fingerprint density at radius 3 is 2.18 bits per heavy atom. The van der Waals surface area contributed by atoms with E-state index in [0.29, 0.717) is 11.8 Å². The molecular weight excluding hydrogens is 476 g/mol. The number of nitrogens with zero attached hydrogens (tertiary/aromatic N) is 1. The number of benzene rings is 2. The number of hydrazone groups is 1. The van der Waals surface area contributed by atoms with Gasteiger partial charge in [-0.05, 0) is 71.2 Å². The van der Waals surface area contributed by atoms with E-state index in [1.54, 1.807) is 0 Å². The lowest BCUT2D eigenvalue weighted by Gasteiger charge is -2.39. The summed E-state index contributed by atoms with van der Waals surface area (Å²) in [5.41, 5.74) is 8.90. The van der Waals surface area contributed by atoms with Gasteiger partial charge in [0.2, 0.25) is 0 Å². The molecule has 1 N–H and O–H groups in total. The molecule has 28 heavy (non-hydrogen) atoms. The molecule has 0 radical (unpaired) electrons. The second-order valence-corrected chi connectivity index (χ2v) is 10.8. The Balaban J connectivity index is 1.69. The third-order valence-electron chi connectivity index (χ3n) is 6.08. The summed E-state index contributed by atoms with van der Waals surface area (Å²) in [5.74, 6) is 1.05. The van der Waals surface area contributed by atoms with Gasteiger partial charge in [-0.1, -0.05) is 76.9 Å². The second kappa shape index (κ2) is 7.79. The highest BCUT2D eigenvalue weighted by atomic mass is 79.9. The van der Waals surface area contributed by atoms with E-state index in [1.807, 2.05) is 0 Å². The molecule has 1 saturated carbocycles. The zero-order chi connectivity index (χ0) is 19.9. The fourth-order valence-corrected chi connectivity index (χ4v) is 4.85. The van der Waals surface area contributed by atoms with Crippen LogP contribution >= 0.6 is 31.9 Å². The Kier molecular flexibility index (Phi) is 5.54. The fourth-order valence-electron chi connectivity index (χ4n) is 4.32. The van der Waals surface area contributed by atoms with Crippen LogP contribution in [0.15, 0.2) is 68.2 Å². The van der Waals surface area contributed by atoms with Crippen molar-refractivity contribution in [3.63, 3.8) is 0 Å². The zero-order valence-corrected chi connectivity index (χ0v) is 19.7. The first-order chi connectivity index (χ1) is 13.3. The van der Waals surface area contributed by atoms with Gasteiger partial charge in [0, 0.05) is 14.9 Å². The second-order valence-electron chi connectivity index (χ2n) is 8.99. The SMILES string of the molecule is CC(C)(C)[C@@H]1C/C(=C/c2ccc(Br)cc2)C2=NN[C@H](c3ccc(Br)cc3)[C@H]2C1. The maximum absolute atomic E-state index is 4.83. The van der Waals surface area contributed by atoms with E-state index in [-0.39, 0.29) is 11.5 Å². The third-order valence-corrected chi connectivity index (χ3v) is 7.13. The van der Waals surface area contributed by atoms with Gasteiger partial charge < -0.3 is 5.43 Å². The van der Waals surface area contributed by atoms with Crippen molar-refractivity contribution in [2.75, 3.05) is 0 Å². The van der Waals surface area contributed by atoms with Crippen molar-refractivity contribution >= 4 is 43.6 Å². The van der Waals surface area contributed by atoms with Crippen molar-refractivity contribution in [1.82, 2.24) is 5.43 Å². The van der Waals surface area contributed by atoms with E-state index in [4.69, 9.17) is 5.10 Å². The lowest BCUT2D eigenvalue weighted by atomic mass is 9.65. The molecule has 2 aromatic carbocycles. The molecule has 1 fully saturated rings. The standard InChI is InChI=1S/C24H26Br2N2/c1-24(2,3)18-13-17(12-15-4-8-19(25)9-5-15)23-21(14-18)22(27-28-23)16-6-10-20(26)11-7-16/h4-12,18,21-22,27H,13-14H2,1-3H3/b17-12-/t18-,21-,22-/m1/s1. The Hall–Kier alpha value is -1.39. The Morgan fingerprint density at radius 1 is 0.964 bits per heavy atom. The maximum atomic E-state index is 4.83. The van der Waals surface area contributed by atoms with E-state index in [9.17, 15) is 0 Å². The minimum atomic E-state index is 0.251. The van der Waals surface area contributed by atoms with Crippen LogP contribution in [-0.4, -0.2) is 5.71 Å². The number of fused-ring (bicyclic) bond motifs is 1. The molecule has 0 unspecified atom stereocenters. The molecule has 4 heteroatoms. The summed E-state index contributed by atoms with van der Waals surface area (Å²) in [6.07, 6.45) is 4.60. The van der Waals surface area contributed by atoms with Crippen LogP contribution in [0.4, 0.5) is 0 Å². The molecule has 4 rings (SSSR count). The predicted octanol–water partition coefficient (Wildman–Crippen LogP) is 7.37. The topological polar surface area (TPSA) is 24.4 Å². The molecule has 0 amide bonds. The van der Waals surface area contributed by atoms with E-state index < -0.39 is 0 Å². The van der Waals surface area contributed by atoms with Crippen molar-refractivity contribution in [3.8, 4) is 0 Å². The molecule has 0 bridgehead atoms. The Bertz CT molecular complexity index is 905. The normalized spacial score (nSPS) is 26.0. The highest BCUT2D eigenvalue weighted by Gasteiger charge is 2.43. The monoisotopic (exact) mass is 500 g/mol. The summed E-state index contributed by atoms with van der Waals surface area (Å²) < 4.78 is 2.22. The largest absolute Gasteiger partial charge is 0.302 e. The van der Waals surface area contributed by atoms with Gasteiger partial charge >= 0.3 is 0 Å². The lowest BCUT2D eigenvalue weighted by molar-refractivity contribution is 0.194. The van der Waals surface area contributed by atoms with Crippen molar-refractivity contribution in [3.05, 3.63) is 74.2 Å². The minimum Gasteiger partial charge on any atom is -0.302 e. The first kappa shape index (κ1) is 19.9. The van der Waals surface area contributed by atoms with Gasteiger partial charge in [0.25, 0.3) is 0 Å². The number of hydrogen-bond acceptors (Lipinski definition) is 2. The van der Waals surface area contributed by atoms with Crippen LogP contribution in [0.2, 0.25) is 0 Å². The fraction of sp³-hybridized carbons (Fsp3) is 0.375. The summed E-state index contributed by atoms with van der Waals surface area (Å²) in [6.45, 7) is 7.11. The van der Waals surface area contributed by atoms with Gasteiger partial charge in [-0.2, -0.15) is 5.10 Å². The van der Waals surface area contributed by atoms with Crippen molar-refractivity contribution in [2.24, 2.45) is 22.4 Å². The molecule has 0 saturated heterocycles. The first-order valence-electron chi connectivity index (χ1n) is 9.86. The average molecular weight is 502 g/mol. The van der Waals surface area contributed by atoms with Gasteiger partial charge in [-0.15, -0.1) is 0 Å². The number of hydrogen-bond donors (Lipinski definition) is 1. The molecule has 2 aliphatic rings. The van der Waals surface area contributed by atoms with E-state index in [1.165, 1.54) is 28.8 Å². The maximum Gasteiger partial charge on any atom is 0.0774 e. The average Bonchev–Trinajstić information content (AvgIpc) is 3.08. The zero-order valence-electron chi connectivity index (χ0n) is 16.5. The quantitative estimate of drug-likeness (QED) is 0.456. The van der Waals surface area contributed by atoms with Crippen molar-refractivity contribution in [2.45, 2.75) is 39.7 Å². The third kappa shape index (κ3) is 4.13. The summed E-state index contributed by atoms with van der Waals surface area (Å²) in [4.78, 5) is 0. The smallest absolute Gasteiger partial charge is 0.0774 e. The molecule has 1 aliphatic carbocycles. The van der Waals surface area contributed by atoms with Gasteiger partial charge in [-0.25, -0.2) is 0 Å². The van der Waals surface area contributed by atoms with Crippen molar-refractivity contribution in [1.29, 1.82) is 0 Å². The minimum absolute atomic E-state index is 0.251. The van der Waals surface area contributed by atoms with Crippen LogP contribution < -0.4 is 5.43 Å². The molecule has 1 heterocycles. The summed E-state index contributed by atoms with van der Waals surface area (Å²) in [6, 6.07) is 17.5.